The zero-order chi connectivity index (χ0) is 18.6. The van der Waals surface area contributed by atoms with Crippen LogP contribution in [-0.2, 0) is 12.3 Å². The molecule has 27 heavy (non-hydrogen) atoms. The molecule has 0 aliphatic carbocycles. The number of halogens is 1. The molecule has 0 aliphatic heterocycles. The van der Waals surface area contributed by atoms with Gasteiger partial charge in [-0.25, -0.2) is 0 Å². The first kappa shape index (κ1) is 17.8. The summed E-state index contributed by atoms with van der Waals surface area (Å²) in [5, 5.41) is 18.1. The second-order valence-electron chi connectivity index (χ2n) is 5.86. The maximum Gasteiger partial charge on any atom is 0.226 e. The van der Waals surface area contributed by atoms with Crippen LogP contribution in [0.25, 0.3) is 11.4 Å². The van der Waals surface area contributed by atoms with Gasteiger partial charge in [-0.15, -0.1) is 20.4 Å². The molecule has 2 heterocycles. The molecule has 6 nitrogen and oxygen atoms in total. The van der Waals surface area contributed by atoms with Crippen LogP contribution in [0.3, 0.4) is 0 Å². The van der Waals surface area contributed by atoms with Crippen molar-refractivity contribution >= 4 is 23.4 Å². The van der Waals surface area contributed by atoms with E-state index in [1.54, 1.807) is 6.92 Å². The Hall–Kier alpha value is -2.64. The minimum atomic E-state index is 0.524. The topological polar surface area (TPSA) is 69.6 Å². The average molecular weight is 398 g/mol. The first-order valence-corrected chi connectivity index (χ1v) is 9.71. The van der Waals surface area contributed by atoms with Crippen molar-refractivity contribution in [2.75, 3.05) is 0 Å². The summed E-state index contributed by atoms with van der Waals surface area (Å²) in [5.74, 6) is 2.36. The van der Waals surface area contributed by atoms with Crippen LogP contribution in [0.4, 0.5) is 0 Å². The van der Waals surface area contributed by atoms with Gasteiger partial charge in [0.25, 0.3) is 0 Å². The molecule has 0 atom stereocenters. The first-order chi connectivity index (χ1) is 13.2. The van der Waals surface area contributed by atoms with Gasteiger partial charge in [0, 0.05) is 12.5 Å². The van der Waals surface area contributed by atoms with Crippen molar-refractivity contribution < 1.29 is 4.42 Å². The molecule has 0 saturated carbocycles. The minimum absolute atomic E-state index is 0.524. The highest BCUT2D eigenvalue weighted by Crippen LogP contribution is 2.30. The lowest BCUT2D eigenvalue weighted by Gasteiger charge is -2.11. The van der Waals surface area contributed by atoms with Crippen molar-refractivity contribution in [1.82, 2.24) is 25.0 Å². The largest absolute Gasteiger partial charge is 0.425 e. The Balaban J connectivity index is 1.69. The summed E-state index contributed by atoms with van der Waals surface area (Å²) >= 11 is 7.90. The van der Waals surface area contributed by atoms with Crippen molar-refractivity contribution in [2.24, 2.45) is 0 Å². The normalized spacial score (nSPS) is 11.0. The van der Waals surface area contributed by atoms with Gasteiger partial charge in [0.2, 0.25) is 11.8 Å². The fourth-order valence-electron chi connectivity index (χ4n) is 2.67. The average Bonchev–Trinajstić information content (AvgIpc) is 3.27. The second kappa shape index (κ2) is 7.94. The molecule has 0 radical (unpaired) electrons. The molecule has 8 heteroatoms. The van der Waals surface area contributed by atoms with E-state index < -0.39 is 0 Å². The summed E-state index contributed by atoms with van der Waals surface area (Å²) in [5.41, 5.74) is 2.00. The molecule has 0 spiro atoms. The van der Waals surface area contributed by atoms with Crippen molar-refractivity contribution in [3.8, 4) is 11.4 Å². The predicted octanol–water partition coefficient (Wildman–Crippen LogP) is 4.63. The summed E-state index contributed by atoms with van der Waals surface area (Å²) in [7, 11) is 0. The molecule has 4 rings (SSSR count). The van der Waals surface area contributed by atoms with Gasteiger partial charge in [0.1, 0.15) is 0 Å². The summed E-state index contributed by atoms with van der Waals surface area (Å²) in [6.45, 7) is 2.41. The van der Waals surface area contributed by atoms with Gasteiger partial charge in [-0.1, -0.05) is 65.8 Å². The highest BCUT2D eigenvalue weighted by Gasteiger charge is 2.17. The number of aromatic nitrogens is 5. The van der Waals surface area contributed by atoms with Gasteiger partial charge in [-0.3, -0.25) is 4.57 Å². The molecule has 0 saturated heterocycles. The summed E-state index contributed by atoms with van der Waals surface area (Å²) in [6, 6.07) is 17.8. The van der Waals surface area contributed by atoms with E-state index in [9.17, 15) is 0 Å². The van der Waals surface area contributed by atoms with E-state index in [1.807, 2.05) is 42.5 Å². The fourth-order valence-corrected chi connectivity index (χ4v) is 3.66. The number of aryl methyl sites for hydroxylation is 1. The number of hydrogen-bond donors (Lipinski definition) is 0. The predicted molar refractivity (Wildman–Crippen MR) is 105 cm³/mol. The molecule has 2 aromatic carbocycles. The third kappa shape index (κ3) is 4.04. The van der Waals surface area contributed by atoms with Crippen LogP contribution in [0.15, 0.2) is 64.2 Å². The van der Waals surface area contributed by atoms with Crippen LogP contribution in [0.2, 0.25) is 5.02 Å². The maximum absolute atomic E-state index is 6.40. The van der Waals surface area contributed by atoms with Gasteiger partial charge in [-0.2, -0.15) is 0 Å². The molecule has 0 N–H and O–H groups in total. The number of hydrogen-bond acceptors (Lipinski definition) is 6. The highest BCUT2D eigenvalue weighted by molar-refractivity contribution is 7.98. The molecule has 0 aliphatic rings. The molecule has 0 bridgehead atoms. The molecule has 4 aromatic rings. The smallest absolute Gasteiger partial charge is 0.226 e. The van der Waals surface area contributed by atoms with Crippen LogP contribution in [0, 0.1) is 6.92 Å². The molecule has 0 unspecified atom stereocenters. The van der Waals surface area contributed by atoms with Crippen LogP contribution in [0.5, 0.6) is 0 Å². The third-order valence-corrected chi connectivity index (χ3v) is 5.19. The number of benzene rings is 2. The Morgan fingerprint density at radius 1 is 0.963 bits per heavy atom. The summed E-state index contributed by atoms with van der Waals surface area (Å²) in [6.07, 6.45) is 0. The molecule has 2 aromatic heterocycles. The lowest BCUT2D eigenvalue weighted by atomic mass is 10.2. The highest BCUT2D eigenvalue weighted by atomic mass is 35.5. The van der Waals surface area contributed by atoms with Crippen LogP contribution < -0.4 is 0 Å². The Morgan fingerprint density at radius 2 is 1.74 bits per heavy atom. The molecule has 0 fully saturated rings. The van der Waals surface area contributed by atoms with Crippen molar-refractivity contribution in [3.05, 3.63) is 77.0 Å². The molecular weight excluding hydrogens is 382 g/mol. The zero-order valence-corrected chi connectivity index (χ0v) is 16.1. The number of thioether (sulfide) groups is 1. The lowest BCUT2D eigenvalue weighted by molar-refractivity contribution is 0.485. The van der Waals surface area contributed by atoms with Crippen LogP contribution >= 0.6 is 23.4 Å². The van der Waals surface area contributed by atoms with Gasteiger partial charge < -0.3 is 4.42 Å². The summed E-state index contributed by atoms with van der Waals surface area (Å²) in [4.78, 5) is 0. The molecular formula is C19H16ClN5OS. The second-order valence-corrected chi connectivity index (χ2v) is 7.21. The van der Waals surface area contributed by atoms with E-state index in [2.05, 4.69) is 37.1 Å². The number of rotatable bonds is 6. The van der Waals surface area contributed by atoms with E-state index in [0.717, 1.165) is 22.1 Å². The monoisotopic (exact) mass is 397 g/mol. The van der Waals surface area contributed by atoms with E-state index >= 15 is 0 Å². The third-order valence-electron chi connectivity index (χ3n) is 3.91. The Kier molecular flexibility index (Phi) is 5.22. The van der Waals surface area contributed by atoms with E-state index in [1.165, 1.54) is 11.8 Å². The van der Waals surface area contributed by atoms with Crippen molar-refractivity contribution in [3.63, 3.8) is 0 Å². The Bertz CT molecular complexity index is 1050. The van der Waals surface area contributed by atoms with Gasteiger partial charge in [-0.05, 0) is 17.7 Å². The Labute approximate surface area is 165 Å². The van der Waals surface area contributed by atoms with Crippen LogP contribution in [-0.4, -0.2) is 25.0 Å². The fraction of sp³-hybridized carbons (Fsp3) is 0.158. The standard InChI is InChI=1S/C19H16ClN5OS/c1-13-21-22-17(26-13)12-27-19-24-23-18(15-9-5-6-10-16(15)20)25(19)11-14-7-3-2-4-8-14/h2-10H,11-12H2,1H3. The molecule has 0 amide bonds. The van der Waals surface area contributed by atoms with Gasteiger partial charge >= 0.3 is 0 Å². The minimum Gasteiger partial charge on any atom is -0.425 e. The Morgan fingerprint density at radius 3 is 2.48 bits per heavy atom. The first-order valence-electron chi connectivity index (χ1n) is 8.34. The van der Waals surface area contributed by atoms with E-state index in [-0.39, 0.29) is 0 Å². The maximum atomic E-state index is 6.40. The molecule has 136 valence electrons. The van der Waals surface area contributed by atoms with Crippen molar-refractivity contribution in [1.29, 1.82) is 0 Å². The van der Waals surface area contributed by atoms with Crippen LogP contribution in [0.1, 0.15) is 17.3 Å². The van der Waals surface area contributed by atoms with E-state index in [0.29, 0.717) is 29.1 Å². The zero-order valence-electron chi connectivity index (χ0n) is 14.5. The lowest BCUT2D eigenvalue weighted by Crippen LogP contribution is -2.04. The quantitative estimate of drug-likeness (QED) is 0.442. The SMILES string of the molecule is Cc1nnc(CSc2nnc(-c3ccccc3Cl)n2Cc2ccccc2)o1. The van der Waals surface area contributed by atoms with Crippen molar-refractivity contribution in [2.45, 2.75) is 24.4 Å². The van der Waals surface area contributed by atoms with Gasteiger partial charge in [0.05, 0.1) is 17.3 Å². The van der Waals surface area contributed by atoms with E-state index in [4.69, 9.17) is 16.0 Å². The number of nitrogens with zero attached hydrogens (tertiary/aromatic N) is 5. The van der Waals surface area contributed by atoms with Gasteiger partial charge in [0.15, 0.2) is 11.0 Å². The summed E-state index contributed by atoms with van der Waals surface area (Å²) < 4.78 is 7.51.